The Kier molecular flexibility index (Phi) is 2.41. The van der Waals surface area contributed by atoms with E-state index in [1.165, 1.54) is 3.57 Å². The molecular weight excluding hydrogens is 227 g/mol. The van der Waals surface area contributed by atoms with Gasteiger partial charge in [-0.15, -0.1) is 0 Å². The Morgan fingerprint density at radius 2 is 2.44 bits per heavy atom. The zero-order valence-electron chi connectivity index (χ0n) is 4.84. The van der Waals surface area contributed by atoms with Crippen molar-refractivity contribution in [2.75, 3.05) is 0 Å². The number of hydrogen-bond acceptors (Lipinski definition) is 2. The van der Waals surface area contributed by atoms with Gasteiger partial charge >= 0.3 is 0 Å². The third-order valence-electron chi connectivity index (χ3n) is 0.988. The predicted octanol–water partition coefficient (Wildman–Crippen LogP) is 1.14. The third-order valence-corrected chi connectivity index (χ3v) is 1.66. The van der Waals surface area contributed by atoms with Gasteiger partial charge in [0.25, 0.3) is 0 Å². The molecule has 0 fully saturated rings. The zero-order chi connectivity index (χ0) is 6.69. The van der Waals surface area contributed by atoms with Crippen molar-refractivity contribution in [2.24, 2.45) is 5.73 Å². The summed E-state index contributed by atoms with van der Waals surface area (Å²) in [6.45, 7) is 0.525. The van der Waals surface area contributed by atoms with E-state index < -0.39 is 0 Å². The van der Waals surface area contributed by atoms with Gasteiger partial charge in [0.05, 0.1) is 5.69 Å². The zero-order valence-corrected chi connectivity index (χ0v) is 7.00. The lowest BCUT2D eigenvalue weighted by molar-refractivity contribution is 0.987. The minimum Gasteiger partial charge on any atom is -0.325 e. The summed E-state index contributed by atoms with van der Waals surface area (Å²) in [6.07, 6.45) is 1.77. The number of pyridine rings is 1. The SMILES string of the molecule is NCc1cc(I)ccn1. The molecule has 1 aromatic rings. The Balaban J connectivity index is 2.94. The van der Waals surface area contributed by atoms with Gasteiger partial charge in [-0.1, -0.05) is 0 Å². The monoisotopic (exact) mass is 234 g/mol. The van der Waals surface area contributed by atoms with Crippen molar-refractivity contribution < 1.29 is 0 Å². The summed E-state index contributed by atoms with van der Waals surface area (Å²) in [5.74, 6) is 0. The first kappa shape index (κ1) is 6.95. The summed E-state index contributed by atoms with van der Waals surface area (Å²) in [6, 6.07) is 3.92. The molecule has 0 aliphatic rings. The molecule has 0 spiro atoms. The van der Waals surface area contributed by atoms with Crippen LogP contribution in [0, 0.1) is 3.57 Å². The van der Waals surface area contributed by atoms with E-state index in [4.69, 9.17) is 5.73 Å². The quantitative estimate of drug-likeness (QED) is 0.740. The fourth-order valence-electron chi connectivity index (χ4n) is 0.560. The molecule has 9 heavy (non-hydrogen) atoms. The summed E-state index contributed by atoms with van der Waals surface area (Å²) in [5.41, 5.74) is 6.30. The van der Waals surface area contributed by atoms with Gasteiger partial charge in [-0.3, -0.25) is 4.98 Å². The molecule has 0 unspecified atom stereocenters. The van der Waals surface area contributed by atoms with Gasteiger partial charge in [-0.2, -0.15) is 0 Å². The Morgan fingerprint density at radius 3 is 2.89 bits per heavy atom. The van der Waals surface area contributed by atoms with E-state index in [2.05, 4.69) is 27.6 Å². The summed E-state index contributed by atoms with van der Waals surface area (Å²) in [7, 11) is 0. The van der Waals surface area contributed by atoms with Crippen LogP contribution in [-0.2, 0) is 6.54 Å². The Morgan fingerprint density at radius 1 is 1.67 bits per heavy atom. The van der Waals surface area contributed by atoms with Crippen LogP contribution in [0.2, 0.25) is 0 Å². The highest BCUT2D eigenvalue weighted by Crippen LogP contribution is 2.03. The third kappa shape index (κ3) is 1.91. The van der Waals surface area contributed by atoms with Gasteiger partial charge in [0.15, 0.2) is 0 Å². The van der Waals surface area contributed by atoms with Gasteiger partial charge in [-0.25, -0.2) is 0 Å². The highest BCUT2D eigenvalue weighted by Gasteiger charge is 1.88. The summed E-state index contributed by atoms with van der Waals surface area (Å²) < 4.78 is 1.18. The van der Waals surface area contributed by atoms with Crippen LogP contribution in [0.5, 0.6) is 0 Å². The second kappa shape index (κ2) is 3.12. The van der Waals surface area contributed by atoms with Crippen molar-refractivity contribution in [3.8, 4) is 0 Å². The average Bonchev–Trinajstić information content (AvgIpc) is 1.88. The number of halogens is 1. The van der Waals surface area contributed by atoms with Crippen molar-refractivity contribution in [1.29, 1.82) is 0 Å². The highest BCUT2D eigenvalue weighted by molar-refractivity contribution is 14.1. The smallest absolute Gasteiger partial charge is 0.0549 e. The van der Waals surface area contributed by atoms with Crippen molar-refractivity contribution >= 4 is 22.6 Å². The highest BCUT2D eigenvalue weighted by atomic mass is 127. The first-order valence-corrected chi connectivity index (χ1v) is 3.71. The number of aromatic nitrogens is 1. The molecule has 2 N–H and O–H groups in total. The first-order valence-electron chi connectivity index (χ1n) is 2.63. The second-order valence-corrected chi connectivity index (χ2v) is 2.92. The molecule has 0 atom stereocenters. The number of hydrogen-bond donors (Lipinski definition) is 1. The summed E-state index contributed by atoms with van der Waals surface area (Å²) in [5, 5.41) is 0. The van der Waals surface area contributed by atoms with Gasteiger partial charge in [0.2, 0.25) is 0 Å². The Labute approximate surface area is 67.6 Å². The normalized spacial score (nSPS) is 9.56. The maximum atomic E-state index is 5.35. The van der Waals surface area contributed by atoms with Gasteiger partial charge < -0.3 is 5.73 Å². The minimum absolute atomic E-state index is 0.525. The number of nitrogens with zero attached hydrogens (tertiary/aromatic N) is 1. The molecular formula is C6H7IN2. The van der Waals surface area contributed by atoms with E-state index in [-0.39, 0.29) is 0 Å². The topological polar surface area (TPSA) is 38.9 Å². The molecule has 0 radical (unpaired) electrons. The van der Waals surface area contributed by atoms with E-state index >= 15 is 0 Å². The second-order valence-electron chi connectivity index (χ2n) is 1.67. The van der Waals surface area contributed by atoms with Crippen LogP contribution < -0.4 is 5.73 Å². The van der Waals surface area contributed by atoms with Crippen LogP contribution in [0.15, 0.2) is 18.3 Å². The molecule has 2 nitrogen and oxygen atoms in total. The molecule has 0 amide bonds. The molecule has 0 saturated carbocycles. The van der Waals surface area contributed by atoms with Crippen LogP contribution in [0.3, 0.4) is 0 Å². The van der Waals surface area contributed by atoms with Crippen LogP contribution in [0.1, 0.15) is 5.69 Å². The van der Waals surface area contributed by atoms with Crippen molar-refractivity contribution in [3.63, 3.8) is 0 Å². The Hall–Kier alpha value is -0.160. The van der Waals surface area contributed by atoms with Crippen LogP contribution in [-0.4, -0.2) is 4.98 Å². The van der Waals surface area contributed by atoms with Crippen LogP contribution in [0.4, 0.5) is 0 Å². The lowest BCUT2D eigenvalue weighted by atomic mass is 10.4. The average molecular weight is 234 g/mol. The van der Waals surface area contributed by atoms with Gasteiger partial charge in [0, 0.05) is 16.3 Å². The molecule has 0 aromatic carbocycles. The molecule has 3 heteroatoms. The molecule has 48 valence electrons. The first-order chi connectivity index (χ1) is 4.33. The molecule has 0 saturated heterocycles. The molecule has 0 bridgehead atoms. The molecule has 1 heterocycles. The largest absolute Gasteiger partial charge is 0.325 e. The lowest BCUT2D eigenvalue weighted by Crippen LogP contribution is -1.98. The number of rotatable bonds is 1. The van der Waals surface area contributed by atoms with Crippen molar-refractivity contribution in [1.82, 2.24) is 4.98 Å². The van der Waals surface area contributed by atoms with Crippen LogP contribution >= 0.6 is 22.6 Å². The van der Waals surface area contributed by atoms with E-state index in [9.17, 15) is 0 Å². The molecule has 0 aliphatic heterocycles. The van der Waals surface area contributed by atoms with E-state index in [0.717, 1.165) is 5.69 Å². The van der Waals surface area contributed by atoms with Crippen molar-refractivity contribution in [3.05, 3.63) is 27.6 Å². The van der Waals surface area contributed by atoms with Gasteiger partial charge in [-0.05, 0) is 34.7 Å². The van der Waals surface area contributed by atoms with E-state index in [1.807, 2.05) is 12.1 Å². The fourth-order valence-corrected chi connectivity index (χ4v) is 1.08. The van der Waals surface area contributed by atoms with Crippen molar-refractivity contribution in [2.45, 2.75) is 6.54 Å². The molecule has 0 aliphatic carbocycles. The maximum Gasteiger partial charge on any atom is 0.0549 e. The number of nitrogens with two attached hydrogens (primary N) is 1. The Bertz CT molecular complexity index is 200. The standard InChI is InChI=1S/C6H7IN2/c7-5-1-2-9-6(3-5)4-8/h1-3H,4,8H2. The maximum absolute atomic E-state index is 5.35. The molecule has 1 rings (SSSR count). The fraction of sp³-hybridized carbons (Fsp3) is 0.167. The minimum atomic E-state index is 0.525. The van der Waals surface area contributed by atoms with Crippen LogP contribution in [0.25, 0.3) is 0 Å². The summed E-state index contributed by atoms with van der Waals surface area (Å²) in [4.78, 5) is 4.03. The van der Waals surface area contributed by atoms with E-state index in [1.54, 1.807) is 6.20 Å². The summed E-state index contributed by atoms with van der Waals surface area (Å²) >= 11 is 2.23. The van der Waals surface area contributed by atoms with E-state index in [0.29, 0.717) is 6.54 Å². The predicted molar refractivity (Wildman–Crippen MR) is 44.8 cm³/mol. The lowest BCUT2D eigenvalue weighted by Gasteiger charge is -1.93. The van der Waals surface area contributed by atoms with Gasteiger partial charge in [0.1, 0.15) is 0 Å². The molecule has 1 aromatic heterocycles.